The van der Waals surface area contributed by atoms with Crippen LogP contribution >= 0.6 is 11.6 Å². The Labute approximate surface area is 285 Å². The van der Waals surface area contributed by atoms with Crippen molar-refractivity contribution < 1.29 is 19.4 Å². The fourth-order valence-electron chi connectivity index (χ4n) is 6.24. The molecule has 1 atom stereocenters. The number of likely N-dealkylation sites (tertiary alicyclic amines) is 2. The molecule has 3 aromatic heterocycles. The highest BCUT2D eigenvalue weighted by Gasteiger charge is 2.25. The number of amides is 2. The predicted octanol–water partition coefficient (Wildman–Crippen LogP) is 4.71. The van der Waals surface area contributed by atoms with Crippen LogP contribution in [-0.4, -0.2) is 87.1 Å². The van der Waals surface area contributed by atoms with Gasteiger partial charge in [0, 0.05) is 87.0 Å². The van der Waals surface area contributed by atoms with E-state index in [1.807, 2.05) is 54.3 Å². The van der Waals surface area contributed by atoms with Crippen molar-refractivity contribution in [2.24, 2.45) is 0 Å². The summed E-state index contributed by atoms with van der Waals surface area (Å²) in [6.07, 6.45) is 5.11. The molecule has 0 radical (unpaired) electrons. The van der Waals surface area contributed by atoms with Crippen molar-refractivity contribution in [3.05, 3.63) is 88.3 Å². The second-order valence-electron chi connectivity index (χ2n) is 12.4. The number of anilines is 1. The van der Waals surface area contributed by atoms with Crippen LogP contribution in [0.5, 0.6) is 5.88 Å². The van der Waals surface area contributed by atoms with Gasteiger partial charge in [-0.25, -0.2) is 4.98 Å². The number of pyridine rings is 3. The van der Waals surface area contributed by atoms with Crippen LogP contribution in [0.1, 0.15) is 46.9 Å². The summed E-state index contributed by atoms with van der Waals surface area (Å²) in [5.74, 6) is 0.278. The number of aliphatic hydroxyl groups is 1. The first-order valence-electron chi connectivity index (χ1n) is 16.1. The van der Waals surface area contributed by atoms with E-state index < -0.39 is 0 Å². The maximum atomic E-state index is 13.1. The lowest BCUT2D eigenvalue weighted by molar-refractivity contribution is -0.130. The van der Waals surface area contributed by atoms with E-state index in [0.717, 1.165) is 41.6 Å². The van der Waals surface area contributed by atoms with Crippen molar-refractivity contribution in [3.8, 4) is 28.4 Å². The third-order valence-corrected chi connectivity index (χ3v) is 9.37. The molecule has 0 bridgehead atoms. The number of halogens is 1. The molecule has 2 aliphatic heterocycles. The number of aliphatic hydroxyl groups excluding tert-OH is 1. The summed E-state index contributed by atoms with van der Waals surface area (Å²) < 4.78 is 5.67. The minimum absolute atomic E-state index is 0.102. The number of rotatable bonds is 10. The molecular weight excluding hydrogens is 630 g/mol. The van der Waals surface area contributed by atoms with Gasteiger partial charge >= 0.3 is 0 Å². The number of aromatic nitrogens is 3. The Morgan fingerprint density at radius 2 is 1.90 bits per heavy atom. The number of carbonyl (C=O) groups is 2. The summed E-state index contributed by atoms with van der Waals surface area (Å²) in [6.45, 7) is 7.57. The number of benzene rings is 1. The molecule has 2 fully saturated rings. The van der Waals surface area contributed by atoms with E-state index >= 15 is 0 Å². The standard InChI is InChI=1S/C36H40ClN7O4/c1-22-28(7-4-8-30(22)41-35(47)32-11-9-24(16-40-32)18-43-20-27(46)21-43)34-33(37)29(13-14-38-34)31-12-10-25(36(42-31)48-3)17-39-26-6-5-15-44(19-26)23(2)45/h4,7-14,16,26-27,39,46H,5-6,15,17-21H2,1-3H3,(H,41,47). The van der Waals surface area contributed by atoms with Crippen LogP contribution in [0.3, 0.4) is 0 Å². The lowest BCUT2D eigenvalue weighted by Crippen LogP contribution is -2.49. The van der Waals surface area contributed by atoms with E-state index in [0.29, 0.717) is 72.0 Å². The second-order valence-corrected chi connectivity index (χ2v) is 12.8. The number of hydrogen-bond donors (Lipinski definition) is 3. The highest BCUT2D eigenvalue weighted by molar-refractivity contribution is 6.35. The number of piperidine rings is 1. The lowest BCUT2D eigenvalue weighted by Gasteiger charge is -2.35. The van der Waals surface area contributed by atoms with Gasteiger partial charge in [0.1, 0.15) is 5.69 Å². The van der Waals surface area contributed by atoms with Crippen LogP contribution in [0.4, 0.5) is 5.69 Å². The molecule has 2 amide bonds. The first kappa shape index (κ1) is 33.5. The van der Waals surface area contributed by atoms with E-state index in [9.17, 15) is 14.7 Å². The van der Waals surface area contributed by atoms with E-state index in [2.05, 4.69) is 25.5 Å². The number of methoxy groups -OCH3 is 1. The lowest BCUT2D eigenvalue weighted by atomic mass is 10.0. The Hall–Kier alpha value is -4.42. The van der Waals surface area contributed by atoms with Gasteiger partial charge in [0.05, 0.1) is 29.6 Å². The molecule has 5 heterocycles. The fraction of sp³-hybridized carbons (Fsp3) is 0.361. The Kier molecular flexibility index (Phi) is 10.3. The van der Waals surface area contributed by atoms with Gasteiger partial charge in [0.2, 0.25) is 11.8 Å². The Morgan fingerprint density at radius 1 is 1.06 bits per heavy atom. The van der Waals surface area contributed by atoms with E-state index in [1.165, 1.54) is 0 Å². The number of carbonyl (C=O) groups excluding carboxylic acids is 2. The zero-order valence-electron chi connectivity index (χ0n) is 27.4. The van der Waals surface area contributed by atoms with Crippen LogP contribution in [0.2, 0.25) is 5.02 Å². The summed E-state index contributed by atoms with van der Waals surface area (Å²) in [7, 11) is 1.60. The Bertz CT molecular complexity index is 1800. The molecule has 0 aliphatic carbocycles. The molecule has 250 valence electrons. The Morgan fingerprint density at radius 3 is 2.62 bits per heavy atom. The van der Waals surface area contributed by atoms with Gasteiger partial charge in [-0.05, 0) is 55.2 Å². The third kappa shape index (κ3) is 7.50. The predicted molar refractivity (Wildman–Crippen MR) is 185 cm³/mol. The monoisotopic (exact) mass is 669 g/mol. The van der Waals surface area contributed by atoms with Gasteiger partial charge in [-0.2, -0.15) is 0 Å². The van der Waals surface area contributed by atoms with Gasteiger partial charge in [-0.3, -0.25) is 24.5 Å². The van der Waals surface area contributed by atoms with Gasteiger partial charge in [0.15, 0.2) is 0 Å². The van der Waals surface area contributed by atoms with E-state index in [-0.39, 0.29) is 24.0 Å². The molecule has 0 spiro atoms. The molecule has 1 unspecified atom stereocenters. The number of hydrogen-bond acceptors (Lipinski definition) is 9. The number of ether oxygens (including phenoxy) is 1. The largest absolute Gasteiger partial charge is 0.481 e. The molecule has 12 heteroatoms. The van der Waals surface area contributed by atoms with Crippen molar-refractivity contribution in [1.29, 1.82) is 0 Å². The summed E-state index contributed by atoms with van der Waals surface area (Å²) >= 11 is 7.01. The molecule has 2 saturated heterocycles. The minimum Gasteiger partial charge on any atom is -0.481 e. The zero-order valence-corrected chi connectivity index (χ0v) is 28.1. The summed E-state index contributed by atoms with van der Waals surface area (Å²) in [6, 6.07) is 15.1. The number of nitrogens with one attached hydrogen (secondary N) is 2. The summed E-state index contributed by atoms with van der Waals surface area (Å²) in [5.41, 5.74) is 6.33. The Balaban J connectivity index is 1.16. The van der Waals surface area contributed by atoms with E-state index in [1.54, 1.807) is 32.5 Å². The quantitative estimate of drug-likeness (QED) is 0.220. The molecule has 11 nitrogen and oxygen atoms in total. The molecule has 0 saturated carbocycles. The first-order valence-corrected chi connectivity index (χ1v) is 16.5. The SMILES string of the molecule is COc1nc(-c2ccnc(-c3cccc(NC(=O)c4ccc(CN5CC(O)C5)cn4)c3C)c2Cl)ccc1CNC1CCCN(C(C)=O)C1. The van der Waals surface area contributed by atoms with Gasteiger partial charge in [-0.15, -0.1) is 0 Å². The normalized spacial score (nSPS) is 16.8. The first-order chi connectivity index (χ1) is 23.2. The fourth-order valence-corrected chi connectivity index (χ4v) is 6.55. The highest BCUT2D eigenvalue weighted by atomic mass is 35.5. The molecule has 1 aromatic carbocycles. The van der Waals surface area contributed by atoms with Crippen molar-refractivity contribution in [2.75, 3.05) is 38.6 Å². The maximum absolute atomic E-state index is 13.1. The number of β-amino-alcohol motifs (C(OH)–C–C–N with tert-alkyl or cyclic N) is 1. The number of nitrogens with zero attached hydrogens (tertiary/aromatic N) is 5. The van der Waals surface area contributed by atoms with E-state index in [4.69, 9.17) is 21.3 Å². The van der Waals surface area contributed by atoms with Gasteiger partial charge in [-0.1, -0.05) is 35.9 Å². The molecule has 2 aliphatic rings. The molecule has 4 aromatic rings. The van der Waals surface area contributed by atoms with Crippen molar-refractivity contribution in [2.45, 2.75) is 51.9 Å². The highest BCUT2D eigenvalue weighted by Crippen LogP contribution is 2.38. The van der Waals surface area contributed by atoms with Crippen LogP contribution in [0.25, 0.3) is 22.5 Å². The minimum atomic E-state index is -0.320. The topological polar surface area (TPSA) is 133 Å². The van der Waals surface area contributed by atoms with Crippen LogP contribution in [-0.2, 0) is 17.9 Å². The van der Waals surface area contributed by atoms with Gasteiger partial charge in [0.25, 0.3) is 5.91 Å². The molecule has 6 rings (SSSR count). The molecule has 3 N–H and O–H groups in total. The van der Waals surface area contributed by atoms with Crippen LogP contribution in [0, 0.1) is 6.92 Å². The smallest absolute Gasteiger partial charge is 0.274 e. The average molecular weight is 670 g/mol. The molecular formula is C36H40ClN7O4. The molecule has 48 heavy (non-hydrogen) atoms. The van der Waals surface area contributed by atoms with Crippen molar-refractivity contribution in [3.63, 3.8) is 0 Å². The third-order valence-electron chi connectivity index (χ3n) is 8.98. The van der Waals surface area contributed by atoms with Crippen LogP contribution in [0.15, 0.2) is 60.9 Å². The van der Waals surface area contributed by atoms with Crippen LogP contribution < -0.4 is 15.4 Å². The average Bonchev–Trinajstić information content (AvgIpc) is 3.08. The summed E-state index contributed by atoms with van der Waals surface area (Å²) in [5, 5.41) is 16.5. The van der Waals surface area contributed by atoms with Crippen molar-refractivity contribution in [1.82, 2.24) is 30.1 Å². The van der Waals surface area contributed by atoms with Gasteiger partial charge < -0.3 is 25.4 Å². The zero-order chi connectivity index (χ0) is 33.8. The van der Waals surface area contributed by atoms with Crippen molar-refractivity contribution >= 4 is 29.1 Å². The summed E-state index contributed by atoms with van der Waals surface area (Å²) in [4.78, 5) is 42.7. The maximum Gasteiger partial charge on any atom is 0.274 e. The second kappa shape index (κ2) is 14.8.